The molecule has 0 aliphatic carbocycles. The van der Waals surface area contributed by atoms with Crippen LogP contribution in [0.3, 0.4) is 0 Å². The molecule has 8 nitrogen and oxygen atoms in total. The van der Waals surface area contributed by atoms with Gasteiger partial charge in [0.2, 0.25) is 5.91 Å². The number of imidazole rings is 1. The fraction of sp³-hybridized carbons (Fsp3) is 0.385. The van der Waals surface area contributed by atoms with E-state index < -0.39 is 47.7 Å². The number of nitrogens with one attached hydrogen (secondary N) is 2. The van der Waals surface area contributed by atoms with Gasteiger partial charge in [0.25, 0.3) is 5.91 Å². The van der Waals surface area contributed by atoms with Crippen LogP contribution in [0.2, 0.25) is 0 Å². The molecule has 3 atom stereocenters. The number of amides is 3. The lowest BCUT2D eigenvalue weighted by molar-refractivity contribution is -0.175. The molecule has 2 N–H and O–H groups in total. The number of carbonyl (C=O) groups excluding carboxylic acids is 3. The van der Waals surface area contributed by atoms with Crippen LogP contribution in [0.1, 0.15) is 42.1 Å². The van der Waals surface area contributed by atoms with Crippen molar-refractivity contribution in [1.29, 1.82) is 0 Å². The van der Waals surface area contributed by atoms with Gasteiger partial charge >= 0.3 is 12.1 Å². The number of hydrogen-bond donors (Lipinski definition) is 2. The molecule has 3 heterocycles. The van der Waals surface area contributed by atoms with Crippen LogP contribution in [-0.4, -0.2) is 63.4 Å². The van der Waals surface area contributed by atoms with Crippen molar-refractivity contribution in [3.05, 3.63) is 72.1 Å². The maximum absolute atomic E-state index is 14.0. The Hall–Kier alpha value is -3.96. The second kappa shape index (κ2) is 10.8. The van der Waals surface area contributed by atoms with Gasteiger partial charge in [-0.2, -0.15) is 13.2 Å². The summed E-state index contributed by atoms with van der Waals surface area (Å²) in [7, 11) is 0. The average molecular weight is 534 g/mol. The molecule has 2 aromatic heterocycles. The van der Waals surface area contributed by atoms with Gasteiger partial charge in [-0.1, -0.05) is 26.0 Å². The van der Waals surface area contributed by atoms with E-state index in [1.165, 1.54) is 32.0 Å². The molecule has 3 aromatic rings. The number of piperidine rings is 1. The van der Waals surface area contributed by atoms with Crippen molar-refractivity contribution in [3.8, 4) is 0 Å². The van der Waals surface area contributed by atoms with Gasteiger partial charge in [0, 0.05) is 25.2 Å². The average Bonchev–Trinajstić information content (AvgIpc) is 3.35. The molecule has 0 radical (unpaired) electrons. The SMILES string of the molecule is CC(C)[C@H](NC(=O)C(F)(F)F)C(=O)N[C@@H]1CN(C(=O)c2cccn3cncc23)CC[C@H]1c1cccc(F)c1. The van der Waals surface area contributed by atoms with Crippen molar-refractivity contribution in [2.45, 2.75) is 44.4 Å². The Labute approximate surface area is 216 Å². The first-order valence-corrected chi connectivity index (χ1v) is 12.1. The number of pyridine rings is 1. The molecule has 0 bridgehead atoms. The molecular formula is C26H27F4N5O3. The molecule has 1 aliphatic rings. The molecule has 1 fully saturated rings. The van der Waals surface area contributed by atoms with Crippen LogP contribution in [0.15, 0.2) is 55.1 Å². The number of halogens is 4. The summed E-state index contributed by atoms with van der Waals surface area (Å²) in [4.78, 5) is 43.8. The van der Waals surface area contributed by atoms with Gasteiger partial charge in [-0.05, 0) is 42.2 Å². The van der Waals surface area contributed by atoms with Crippen LogP contribution >= 0.6 is 0 Å². The zero-order valence-electron chi connectivity index (χ0n) is 20.7. The number of alkyl halides is 3. The summed E-state index contributed by atoms with van der Waals surface area (Å²) in [5.41, 5.74) is 1.58. The van der Waals surface area contributed by atoms with Crippen LogP contribution < -0.4 is 10.6 Å². The number of carbonyl (C=O) groups is 3. The summed E-state index contributed by atoms with van der Waals surface area (Å²) in [6, 6.07) is 6.98. The minimum atomic E-state index is -5.15. The number of benzene rings is 1. The molecule has 0 saturated carbocycles. The van der Waals surface area contributed by atoms with E-state index in [1.54, 1.807) is 51.5 Å². The fourth-order valence-corrected chi connectivity index (χ4v) is 4.75. The smallest absolute Gasteiger partial charge is 0.349 e. The monoisotopic (exact) mass is 533 g/mol. The van der Waals surface area contributed by atoms with E-state index in [0.717, 1.165) is 0 Å². The zero-order valence-corrected chi connectivity index (χ0v) is 20.7. The van der Waals surface area contributed by atoms with E-state index >= 15 is 0 Å². The minimum Gasteiger partial charge on any atom is -0.349 e. The second-order valence-corrected chi connectivity index (χ2v) is 9.62. The summed E-state index contributed by atoms with van der Waals surface area (Å²) in [5, 5.41) is 4.50. The number of aromatic nitrogens is 2. The molecule has 1 saturated heterocycles. The van der Waals surface area contributed by atoms with Crippen molar-refractivity contribution in [2.75, 3.05) is 13.1 Å². The summed E-state index contributed by atoms with van der Waals surface area (Å²) in [6.45, 7) is 3.35. The standard InChI is InChI=1S/C26H27F4N5O3/c1-15(2)22(33-25(38)26(28,29)30)23(36)32-20-13-34(10-8-18(20)16-5-3-6-17(27)11-16)24(37)19-7-4-9-35-14-31-12-21(19)35/h3-7,9,11-12,14-15,18,20,22H,8,10,13H2,1-2H3,(H,32,36)(H,33,38)/t18-,20+,22-/m0/s1. The van der Waals surface area contributed by atoms with Gasteiger partial charge in [0.1, 0.15) is 11.9 Å². The highest BCUT2D eigenvalue weighted by Gasteiger charge is 2.42. The molecule has 0 unspecified atom stereocenters. The molecule has 12 heteroatoms. The Morgan fingerprint density at radius 3 is 2.58 bits per heavy atom. The predicted octanol–water partition coefficient (Wildman–Crippen LogP) is 3.29. The van der Waals surface area contributed by atoms with Crippen LogP contribution in [0.4, 0.5) is 17.6 Å². The van der Waals surface area contributed by atoms with Crippen LogP contribution in [0, 0.1) is 11.7 Å². The lowest BCUT2D eigenvalue weighted by Gasteiger charge is -2.40. The molecule has 38 heavy (non-hydrogen) atoms. The van der Waals surface area contributed by atoms with Gasteiger partial charge in [0.05, 0.1) is 29.6 Å². The first kappa shape index (κ1) is 27.1. The molecular weight excluding hydrogens is 506 g/mol. The number of likely N-dealkylation sites (tertiary alicyclic amines) is 1. The molecule has 202 valence electrons. The van der Waals surface area contributed by atoms with Crippen LogP contribution in [-0.2, 0) is 9.59 Å². The quantitative estimate of drug-likeness (QED) is 0.476. The van der Waals surface area contributed by atoms with Crippen LogP contribution in [0.5, 0.6) is 0 Å². The minimum absolute atomic E-state index is 0.0268. The maximum Gasteiger partial charge on any atom is 0.471 e. The third-order valence-corrected chi connectivity index (χ3v) is 6.68. The van der Waals surface area contributed by atoms with Gasteiger partial charge in [-0.25, -0.2) is 9.37 Å². The summed E-state index contributed by atoms with van der Waals surface area (Å²) < 4.78 is 54.4. The highest BCUT2D eigenvalue weighted by atomic mass is 19.4. The first-order valence-electron chi connectivity index (χ1n) is 12.1. The maximum atomic E-state index is 14.0. The molecule has 4 rings (SSSR count). The third kappa shape index (κ3) is 5.79. The molecule has 3 amide bonds. The van der Waals surface area contributed by atoms with Crippen molar-refractivity contribution in [3.63, 3.8) is 0 Å². The van der Waals surface area contributed by atoms with Crippen molar-refractivity contribution < 1.29 is 31.9 Å². The summed E-state index contributed by atoms with van der Waals surface area (Å²) >= 11 is 0. The number of hydrogen-bond acceptors (Lipinski definition) is 4. The van der Waals surface area contributed by atoms with E-state index in [-0.39, 0.29) is 12.5 Å². The highest BCUT2D eigenvalue weighted by molar-refractivity contribution is 6.00. The molecule has 1 aliphatic heterocycles. The van der Waals surface area contributed by atoms with Crippen LogP contribution in [0.25, 0.3) is 5.52 Å². The van der Waals surface area contributed by atoms with Crippen molar-refractivity contribution >= 4 is 23.2 Å². The zero-order chi connectivity index (χ0) is 27.6. The Kier molecular flexibility index (Phi) is 7.70. The van der Waals surface area contributed by atoms with Gasteiger partial charge < -0.3 is 19.9 Å². The lowest BCUT2D eigenvalue weighted by atomic mass is 9.84. The van der Waals surface area contributed by atoms with E-state index in [2.05, 4.69) is 10.3 Å². The topological polar surface area (TPSA) is 95.8 Å². The van der Waals surface area contributed by atoms with E-state index in [4.69, 9.17) is 0 Å². The summed E-state index contributed by atoms with van der Waals surface area (Å²) in [5.74, 6) is -4.90. The number of nitrogens with zero attached hydrogens (tertiary/aromatic N) is 3. The van der Waals surface area contributed by atoms with Crippen molar-refractivity contribution in [1.82, 2.24) is 24.9 Å². The Bertz CT molecular complexity index is 1340. The Balaban J connectivity index is 1.60. The number of fused-ring (bicyclic) bond motifs is 1. The Morgan fingerprint density at radius 2 is 1.89 bits per heavy atom. The summed E-state index contributed by atoms with van der Waals surface area (Å²) in [6.07, 6.45) is 0.0822. The first-order chi connectivity index (χ1) is 18.0. The van der Waals surface area contributed by atoms with Crippen molar-refractivity contribution in [2.24, 2.45) is 5.92 Å². The third-order valence-electron chi connectivity index (χ3n) is 6.68. The number of rotatable bonds is 6. The predicted molar refractivity (Wildman–Crippen MR) is 130 cm³/mol. The second-order valence-electron chi connectivity index (χ2n) is 9.62. The van der Waals surface area contributed by atoms with E-state index in [1.807, 2.05) is 0 Å². The van der Waals surface area contributed by atoms with E-state index in [0.29, 0.717) is 29.6 Å². The van der Waals surface area contributed by atoms with Gasteiger partial charge in [0.15, 0.2) is 0 Å². The largest absolute Gasteiger partial charge is 0.471 e. The highest BCUT2D eigenvalue weighted by Crippen LogP contribution is 2.30. The molecule has 0 spiro atoms. The van der Waals surface area contributed by atoms with Gasteiger partial charge in [-0.3, -0.25) is 14.4 Å². The fourth-order valence-electron chi connectivity index (χ4n) is 4.75. The van der Waals surface area contributed by atoms with Gasteiger partial charge in [-0.15, -0.1) is 0 Å². The molecule has 1 aromatic carbocycles. The lowest BCUT2D eigenvalue weighted by Crippen LogP contribution is -2.59. The normalized spacial score (nSPS) is 18.9. The van der Waals surface area contributed by atoms with E-state index in [9.17, 15) is 31.9 Å². The Morgan fingerprint density at radius 1 is 1.13 bits per heavy atom.